The van der Waals surface area contributed by atoms with Crippen LogP contribution in [-0.4, -0.2) is 42.1 Å². The van der Waals surface area contributed by atoms with Crippen LogP contribution >= 0.6 is 0 Å². The maximum Gasteiger partial charge on any atom is 0.238 e. The highest BCUT2D eigenvalue weighted by molar-refractivity contribution is 5.96. The van der Waals surface area contributed by atoms with Gasteiger partial charge in [0.15, 0.2) is 5.78 Å². The zero-order valence-corrected chi connectivity index (χ0v) is 12.7. The molecule has 1 aliphatic rings. The van der Waals surface area contributed by atoms with Crippen LogP contribution in [0.25, 0.3) is 0 Å². The van der Waals surface area contributed by atoms with E-state index < -0.39 is 0 Å². The van der Waals surface area contributed by atoms with Crippen molar-refractivity contribution in [3.63, 3.8) is 0 Å². The van der Waals surface area contributed by atoms with Crippen molar-refractivity contribution in [1.82, 2.24) is 4.90 Å². The molecule has 118 valence electrons. The number of likely N-dealkylation sites (tertiary alicyclic amines) is 1. The summed E-state index contributed by atoms with van der Waals surface area (Å²) in [6.07, 6.45) is 1.41. The maximum atomic E-state index is 12.0. The Hall–Kier alpha value is -2.21. The third-order valence-electron chi connectivity index (χ3n) is 3.93. The van der Waals surface area contributed by atoms with Crippen molar-refractivity contribution in [1.29, 1.82) is 0 Å². The van der Waals surface area contributed by atoms with Crippen LogP contribution in [0.5, 0.6) is 0 Å². The average molecular weight is 303 g/mol. The van der Waals surface area contributed by atoms with E-state index in [2.05, 4.69) is 5.32 Å². The quantitative estimate of drug-likeness (QED) is 0.794. The number of hydrogen-bond acceptors (Lipinski definition) is 4. The standard InChI is InChI=1S/C16H21N3O3/c1-11(20)12-2-4-14(5-3-12)18-15(21)10-19-8-6-13(7-9-19)16(17)22/h2-5,13H,6-10H2,1H3,(H2,17,22)(H,18,21). The Morgan fingerprint density at radius 3 is 2.27 bits per heavy atom. The van der Waals surface area contributed by atoms with Crippen molar-refractivity contribution in [2.75, 3.05) is 25.0 Å². The fourth-order valence-corrected chi connectivity index (χ4v) is 2.57. The van der Waals surface area contributed by atoms with Gasteiger partial charge in [0.25, 0.3) is 0 Å². The summed E-state index contributed by atoms with van der Waals surface area (Å²) < 4.78 is 0. The van der Waals surface area contributed by atoms with E-state index >= 15 is 0 Å². The first-order chi connectivity index (χ1) is 10.5. The molecular formula is C16H21N3O3. The normalized spacial score (nSPS) is 16.2. The smallest absolute Gasteiger partial charge is 0.238 e. The third kappa shape index (κ3) is 4.39. The second-order valence-electron chi connectivity index (χ2n) is 5.63. The first kappa shape index (κ1) is 16.2. The first-order valence-electron chi connectivity index (χ1n) is 7.38. The van der Waals surface area contributed by atoms with Crippen molar-refractivity contribution in [3.05, 3.63) is 29.8 Å². The summed E-state index contributed by atoms with van der Waals surface area (Å²) in [5.41, 5.74) is 6.57. The summed E-state index contributed by atoms with van der Waals surface area (Å²) >= 11 is 0. The van der Waals surface area contributed by atoms with Gasteiger partial charge in [0.2, 0.25) is 11.8 Å². The molecule has 0 radical (unpaired) electrons. The Labute approximate surface area is 129 Å². The molecular weight excluding hydrogens is 282 g/mol. The molecule has 0 spiro atoms. The van der Waals surface area contributed by atoms with Crippen molar-refractivity contribution < 1.29 is 14.4 Å². The number of hydrogen-bond donors (Lipinski definition) is 2. The molecule has 22 heavy (non-hydrogen) atoms. The lowest BCUT2D eigenvalue weighted by atomic mass is 9.96. The molecule has 0 aliphatic carbocycles. The summed E-state index contributed by atoms with van der Waals surface area (Å²) in [5.74, 6) is -0.434. The SMILES string of the molecule is CC(=O)c1ccc(NC(=O)CN2CCC(C(N)=O)CC2)cc1. The number of amides is 2. The second kappa shape index (κ2) is 7.17. The number of nitrogens with two attached hydrogens (primary N) is 1. The summed E-state index contributed by atoms with van der Waals surface area (Å²) in [5, 5.41) is 2.81. The van der Waals surface area contributed by atoms with Crippen LogP contribution in [-0.2, 0) is 9.59 Å². The lowest BCUT2D eigenvalue weighted by Gasteiger charge is -2.29. The molecule has 6 heteroatoms. The van der Waals surface area contributed by atoms with Gasteiger partial charge in [-0.05, 0) is 57.1 Å². The highest BCUT2D eigenvalue weighted by atomic mass is 16.2. The Morgan fingerprint density at radius 2 is 1.77 bits per heavy atom. The fourth-order valence-electron chi connectivity index (χ4n) is 2.57. The lowest BCUT2D eigenvalue weighted by molar-refractivity contribution is -0.123. The van der Waals surface area contributed by atoms with E-state index in [4.69, 9.17) is 5.73 Å². The van der Waals surface area contributed by atoms with Crippen LogP contribution in [0.2, 0.25) is 0 Å². The molecule has 3 N–H and O–H groups in total. The first-order valence-corrected chi connectivity index (χ1v) is 7.38. The molecule has 2 amide bonds. The second-order valence-corrected chi connectivity index (χ2v) is 5.63. The number of rotatable bonds is 5. The number of carbonyl (C=O) groups excluding carboxylic acids is 3. The van der Waals surface area contributed by atoms with Gasteiger partial charge in [0.1, 0.15) is 0 Å². The molecule has 0 saturated carbocycles. The van der Waals surface area contributed by atoms with Crippen molar-refractivity contribution >= 4 is 23.3 Å². The van der Waals surface area contributed by atoms with Crippen LogP contribution in [0.3, 0.4) is 0 Å². The van der Waals surface area contributed by atoms with Gasteiger partial charge in [-0.1, -0.05) is 0 Å². The van der Waals surface area contributed by atoms with Crippen molar-refractivity contribution in [3.8, 4) is 0 Å². The highest BCUT2D eigenvalue weighted by Crippen LogP contribution is 2.16. The predicted molar refractivity (Wildman–Crippen MR) is 83.4 cm³/mol. The van der Waals surface area contributed by atoms with E-state index in [9.17, 15) is 14.4 Å². The number of nitrogens with one attached hydrogen (secondary N) is 1. The summed E-state index contributed by atoms with van der Waals surface area (Å²) in [6.45, 7) is 3.19. The number of piperidine rings is 1. The Kier molecular flexibility index (Phi) is 5.27. The minimum absolute atomic E-state index is 0.00445. The molecule has 1 fully saturated rings. The largest absolute Gasteiger partial charge is 0.369 e. The molecule has 1 heterocycles. The predicted octanol–water partition coefficient (Wildman–Crippen LogP) is 1.02. The zero-order valence-electron chi connectivity index (χ0n) is 12.7. The Balaban J connectivity index is 1.81. The summed E-state index contributed by atoms with van der Waals surface area (Å²) in [6, 6.07) is 6.81. The molecule has 0 aromatic heterocycles. The number of primary amides is 1. The monoisotopic (exact) mass is 303 g/mol. The van der Waals surface area contributed by atoms with Gasteiger partial charge < -0.3 is 11.1 Å². The van der Waals surface area contributed by atoms with Gasteiger partial charge in [-0.3, -0.25) is 19.3 Å². The Morgan fingerprint density at radius 1 is 1.18 bits per heavy atom. The van der Waals surface area contributed by atoms with Gasteiger partial charge in [0.05, 0.1) is 6.54 Å². The number of benzene rings is 1. The molecule has 0 bridgehead atoms. The average Bonchev–Trinajstić information content (AvgIpc) is 2.48. The number of Topliss-reactive ketones (excluding diaryl/α,β-unsaturated/α-hetero) is 1. The number of ketones is 1. The van der Waals surface area contributed by atoms with Gasteiger partial charge in [-0.2, -0.15) is 0 Å². The molecule has 1 aliphatic heterocycles. The van der Waals surface area contributed by atoms with E-state index in [0.29, 0.717) is 43.7 Å². The lowest BCUT2D eigenvalue weighted by Crippen LogP contribution is -2.42. The van der Waals surface area contributed by atoms with Crippen molar-refractivity contribution in [2.24, 2.45) is 11.7 Å². The van der Waals surface area contributed by atoms with Crippen LogP contribution in [0, 0.1) is 5.92 Å². The molecule has 1 aromatic rings. The van der Waals surface area contributed by atoms with Gasteiger partial charge in [0, 0.05) is 17.2 Å². The van der Waals surface area contributed by atoms with Gasteiger partial charge in [-0.15, -0.1) is 0 Å². The minimum atomic E-state index is -0.255. The molecule has 0 unspecified atom stereocenters. The van der Waals surface area contributed by atoms with Crippen LogP contribution in [0.4, 0.5) is 5.69 Å². The van der Waals surface area contributed by atoms with Crippen LogP contribution in [0.15, 0.2) is 24.3 Å². The topological polar surface area (TPSA) is 92.5 Å². The number of anilines is 1. The maximum absolute atomic E-state index is 12.0. The summed E-state index contributed by atoms with van der Waals surface area (Å²) in [4.78, 5) is 36.3. The minimum Gasteiger partial charge on any atom is -0.369 e. The van der Waals surface area contributed by atoms with Crippen LogP contribution in [0.1, 0.15) is 30.1 Å². The van der Waals surface area contributed by atoms with E-state index in [-0.39, 0.29) is 23.5 Å². The molecule has 6 nitrogen and oxygen atoms in total. The van der Waals surface area contributed by atoms with E-state index in [1.165, 1.54) is 6.92 Å². The van der Waals surface area contributed by atoms with Crippen molar-refractivity contribution in [2.45, 2.75) is 19.8 Å². The summed E-state index contributed by atoms with van der Waals surface area (Å²) in [7, 11) is 0. The molecule has 1 aromatic carbocycles. The van der Waals surface area contributed by atoms with Gasteiger partial charge >= 0.3 is 0 Å². The fraction of sp³-hybridized carbons (Fsp3) is 0.438. The van der Waals surface area contributed by atoms with E-state index in [1.807, 2.05) is 4.90 Å². The highest BCUT2D eigenvalue weighted by Gasteiger charge is 2.24. The molecule has 1 saturated heterocycles. The zero-order chi connectivity index (χ0) is 16.1. The number of nitrogens with zero attached hydrogens (tertiary/aromatic N) is 1. The number of carbonyl (C=O) groups is 3. The molecule has 2 rings (SSSR count). The Bertz CT molecular complexity index is 561. The van der Waals surface area contributed by atoms with E-state index in [1.54, 1.807) is 24.3 Å². The molecule has 0 atom stereocenters. The third-order valence-corrected chi connectivity index (χ3v) is 3.93. The van der Waals surface area contributed by atoms with E-state index in [0.717, 1.165) is 0 Å². The van der Waals surface area contributed by atoms with Crippen LogP contribution < -0.4 is 11.1 Å². The van der Waals surface area contributed by atoms with Gasteiger partial charge in [-0.25, -0.2) is 0 Å².